The van der Waals surface area contributed by atoms with Gasteiger partial charge in [0.1, 0.15) is 5.60 Å². The van der Waals surface area contributed by atoms with Crippen molar-refractivity contribution in [2.45, 2.75) is 52.3 Å². The Balaban J connectivity index is 5.14. The number of hydrogen-bond acceptors (Lipinski definition) is 3. The predicted octanol–water partition coefficient (Wildman–Crippen LogP) is 3.87. The first kappa shape index (κ1) is 21.3. The summed E-state index contributed by atoms with van der Waals surface area (Å²) >= 11 is 0. The zero-order chi connectivity index (χ0) is 17.8. The van der Waals surface area contributed by atoms with Gasteiger partial charge in [0.2, 0.25) is 0 Å². The zero-order valence-corrected chi connectivity index (χ0v) is 13.8. The Morgan fingerprint density at radius 1 is 1.14 bits per heavy atom. The molecule has 0 radical (unpaired) electrons. The molecule has 1 N–H and O–H groups in total. The topological polar surface area (TPSA) is 38.7 Å². The Hall–Kier alpha value is -0.660. The lowest BCUT2D eigenvalue weighted by molar-refractivity contribution is -0.379. The highest BCUT2D eigenvalue weighted by Gasteiger charge is 2.59. The normalized spacial score (nSPS) is 15.7. The largest absolute Gasteiger partial charge is 0.395 e. The summed E-state index contributed by atoms with van der Waals surface area (Å²) in [5, 5.41) is 9.00. The summed E-state index contributed by atoms with van der Waals surface area (Å²) in [6, 6.07) is 0. The molecule has 0 spiro atoms. The van der Waals surface area contributed by atoms with E-state index in [1.807, 2.05) is 0 Å². The summed E-state index contributed by atoms with van der Waals surface area (Å²) in [5.41, 5.74) is -4.43. The van der Waals surface area contributed by atoms with Gasteiger partial charge in [-0.15, -0.1) is 6.58 Å². The van der Waals surface area contributed by atoms with Crippen LogP contribution in [-0.2, 0) is 9.47 Å². The minimum Gasteiger partial charge on any atom is -0.395 e. The Labute approximate surface area is 129 Å². The molecule has 132 valence electrons. The van der Waals surface area contributed by atoms with Gasteiger partial charge in [-0.2, -0.15) is 8.78 Å². The molecule has 0 aromatic carbocycles. The molecule has 0 heterocycles. The van der Waals surface area contributed by atoms with E-state index in [4.69, 9.17) is 9.84 Å². The fourth-order valence-corrected chi connectivity index (χ4v) is 1.64. The molecule has 7 heteroatoms. The quantitative estimate of drug-likeness (QED) is 0.375. The summed E-state index contributed by atoms with van der Waals surface area (Å²) in [6.07, 6.45) is -2.51. The molecule has 0 aliphatic carbocycles. The molecular formula is C15H26F4O3. The highest BCUT2D eigenvalue weighted by Crippen LogP contribution is 2.46. The van der Waals surface area contributed by atoms with Crippen LogP contribution in [0.15, 0.2) is 12.7 Å². The maximum absolute atomic E-state index is 14.4. The van der Waals surface area contributed by atoms with Crippen LogP contribution in [0.3, 0.4) is 0 Å². The van der Waals surface area contributed by atoms with Crippen molar-refractivity contribution in [1.29, 1.82) is 0 Å². The SMILES string of the molecule is C=CCOCC(C)C(F)(F)C(C)(C)OC(F)(F)C(C)(C)CO. The van der Waals surface area contributed by atoms with E-state index in [9.17, 15) is 17.6 Å². The van der Waals surface area contributed by atoms with Gasteiger partial charge in [0.15, 0.2) is 0 Å². The molecule has 1 unspecified atom stereocenters. The summed E-state index contributed by atoms with van der Waals surface area (Å²) in [4.78, 5) is 0. The molecule has 0 aliphatic heterocycles. The van der Waals surface area contributed by atoms with E-state index in [-0.39, 0.29) is 13.2 Å². The molecule has 0 aromatic heterocycles. The second-order valence-corrected chi connectivity index (χ2v) is 6.52. The molecule has 0 aliphatic rings. The maximum atomic E-state index is 14.4. The van der Waals surface area contributed by atoms with Crippen molar-refractivity contribution < 1.29 is 32.1 Å². The van der Waals surface area contributed by atoms with Crippen LogP contribution in [-0.4, -0.2) is 42.6 Å². The van der Waals surface area contributed by atoms with Crippen LogP contribution in [0.5, 0.6) is 0 Å². The van der Waals surface area contributed by atoms with Gasteiger partial charge < -0.3 is 14.6 Å². The monoisotopic (exact) mass is 330 g/mol. The number of ether oxygens (including phenoxy) is 2. The fraction of sp³-hybridized carbons (Fsp3) is 0.867. The van der Waals surface area contributed by atoms with Crippen LogP contribution in [0, 0.1) is 11.3 Å². The van der Waals surface area contributed by atoms with E-state index in [1.165, 1.54) is 13.0 Å². The molecule has 0 aromatic rings. The highest BCUT2D eigenvalue weighted by molar-refractivity contribution is 4.93. The molecule has 0 saturated heterocycles. The van der Waals surface area contributed by atoms with Crippen molar-refractivity contribution in [3.8, 4) is 0 Å². The molecule has 0 saturated carbocycles. The van der Waals surface area contributed by atoms with Gasteiger partial charge >= 0.3 is 6.11 Å². The number of halogens is 4. The molecule has 1 atom stereocenters. The second kappa shape index (κ2) is 7.27. The summed E-state index contributed by atoms with van der Waals surface area (Å²) in [5.74, 6) is -4.90. The molecule has 22 heavy (non-hydrogen) atoms. The van der Waals surface area contributed by atoms with Crippen LogP contribution in [0.2, 0.25) is 0 Å². The van der Waals surface area contributed by atoms with E-state index >= 15 is 0 Å². The van der Waals surface area contributed by atoms with E-state index in [2.05, 4.69) is 11.3 Å². The average Bonchev–Trinajstić information content (AvgIpc) is 2.37. The van der Waals surface area contributed by atoms with Crippen molar-refractivity contribution in [2.24, 2.45) is 11.3 Å². The number of hydrogen-bond donors (Lipinski definition) is 1. The second-order valence-electron chi connectivity index (χ2n) is 6.52. The molecular weight excluding hydrogens is 304 g/mol. The number of alkyl halides is 4. The number of rotatable bonds is 10. The van der Waals surface area contributed by atoms with E-state index in [0.717, 1.165) is 27.7 Å². The third-order valence-electron chi connectivity index (χ3n) is 3.59. The Morgan fingerprint density at radius 2 is 1.64 bits per heavy atom. The van der Waals surface area contributed by atoms with Gasteiger partial charge in [0, 0.05) is 5.92 Å². The first-order valence-corrected chi connectivity index (χ1v) is 7.00. The minimum absolute atomic E-state index is 0.0927. The van der Waals surface area contributed by atoms with Crippen molar-refractivity contribution >= 4 is 0 Å². The van der Waals surface area contributed by atoms with Crippen molar-refractivity contribution in [1.82, 2.24) is 0 Å². The first-order valence-electron chi connectivity index (χ1n) is 7.00. The zero-order valence-electron chi connectivity index (χ0n) is 13.8. The lowest BCUT2D eigenvalue weighted by Crippen LogP contribution is -2.56. The van der Waals surface area contributed by atoms with Gasteiger partial charge in [-0.3, -0.25) is 0 Å². The predicted molar refractivity (Wildman–Crippen MR) is 76.1 cm³/mol. The summed E-state index contributed by atoms with van der Waals surface area (Å²) in [7, 11) is 0. The van der Waals surface area contributed by atoms with Crippen LogP contribution < -0.4 is 0 Å². The van der Waals surface area contributed by atoms with Crippen LogP contribution in [0.4, 0.5) is 17.6 Å². The van der Waals surface area contributed by atoms with Crippen LogP contribution >= 0.6 is 0 Å². The summed E-state index contributed by atoms with van der Waals surface area (Å²) in [6.45, 7) is 7.34. The van der Waals surface area contributed by atoms with Crippen molar-refractivity contribution in [3.63, 3.8) is 0 Å². The van der Waals surface area contributed by atoms with Gasteiger partial charge in [-0.1, -0.05) is 13.0 Å². The summed E-state index contributed by atoms with van der Waals surface area (Å²) < 4.78 is 66.3. The Bertz CT molecular complexity index is 368. The molecule has 0 fully saturated rings. The lowest BCUT2D eigenvalue weighted by Gasteiger charge is -2.43. The molecule has 0 bridgehead atoms. The minimum atomic E-state index is -3.92. The average molecular weight is 330 g/mol. The van der Waals surface area contributed by atoms with E-state index < -0.39 is 35.6 Å². The number of aliphatic hydroxyl groups is 1. The molecule has 0 amide bonds. The highest BCUT2D eigenvalue weighted by atomic mass is 19.3. The van der Waals surface area contributed by atoms with E-state index in [0.29, 0.717) is 0 Å². The number of aliphatic hydroxyl groups excluding tert-OH is 1. The lowest BCUT2D eigenvalue weighted by atomic mass is 9.88. The van der Waals surface area contributed by atoms with Gasteiger partial charge in [-0.05, 0) is 27.7 Å². The smallest absolute Gasteiger partial charge is 0.363 e. The van der Waals surface area contributed by atoms with Crippen LogP contribution in [0.25, 0.3) is 0 Å². The fourth-order valence-electron chi connectivity index (χ4n) is 1.64. The first-order chi connectivity index (χ1) is 9.75. The van der Waals surface area contributed by atoms with Crippen molar-refractivity contribution in [2.75, 3.05) is 19.8 Å². The van der Waals surface area contributed by atoms with Crippen molar-refractivity contribution in [3.05, 3.63) is 12.7 Å². The standard InChI is InChI=1S/C15H26F4O3/c1-7-8-21-9-11(2)14(16,17)13(5,6)22-15(18,19)12(3,4)10-20/h7,11,20H,1,8-10H2,2-6H3. The third-order valence-corrected chi connectivity index (χ3v) is 3.59. The van der Waals surface area contributed by atoms with E-state index in [1.54, 1.807) is 0 Å². The van der Waals surface area contributed by atoms with Crippen LogP contribution in [0.1, 0.15) is 34.6 Å². The Morgan fingerprint density at radius 3 is 2.05 bits per heavy atom. The molecule has 0 rings (SSSR count). The maximum Gasteiger partial charge on any atom is 0.363 e. The van der Waals surface area contributed by atoms with Gasteiger partial charge in [0.05, 0.1) is 25.2 Å². The Kier molecular flexibility index (Phi) is 7.06. The van der Waals surface area contributed by atoms with Gasteiger partial charge in [0.25, 0.3) is 5.92 Å². The molecule has 3 nitrogen and oxygen atoms in total. The third kappa shape index (κ3) is 4.67. The van der Waals surface area contributed by atoms with Gasteiger partial charge in [-0.25, -0.2) is 8.78 Å².